The second-order valence-electron chi connectivity index (χ2n) is 4.02. The molecule has 0 saturated carbocycles. The lowest BCUT2D eigenvalue weighted by Gasteiger charge is -2.14. The molecule has 0 saturated heterocycles. The summed E-state index contributed by atoms with van der Waals surface area (Å²) in [5.74, 6) is 0.668. The Bertz CT molecular complexity index is 415. The van der Waals surface area contributed by atoms with Gasteiger partial charge in [0, 0.05) is 45.0 Å². The summed E-state index contributed by atoms with van der Waals surface area (Å²) in [6.07, 6.45) is 1.81. The maximum Gasteiger partial charge on any atom is 0.0929 e. The summed E-state index contributed by atoms with van der Waals surface area (Å²) in [6.45, 7) is 1.12. The van der Waals surface area contributed by atoms with Crippen molar-refractivity contribution in [2.24, 2.45) is 0 Å². The van der Waals surface area contributed by atoms with E-state index in [0.717, 1.165) is 13.0 Å². The fraction of sp³-hybridized carbons (Fsp3) is 0.500. The molecule has 0 heterocycles. The Labute approximate surface area is 120 Å². The van der Waals surface area contributed by atoms with Crippen LogP contribution in [-0.2, 0) is 10.8 Å². The maximum absolute atomic E-state index is 10.8. The lowest BCUT2D eigenvalue weighted by Crippen LogP contribution is -2.23. The molecule has 0 amide bonds. The van der Waals surface area contributed by atoms with Gasteiger partial charge in [-0.15, -0.1) is 0 Å². The Kier molecular flexibility index (Phi) is 7.19. The molecule has 1 rings (SSSR count). The fourth-order valence-corrected chi connectivity index (χ4v) is 2.49. The summed E-state index contributed by atoms with van der Waals surface area (Å²) in [6, 6.07) is 5.02. The largest absolute Gasteiger partial charge is 0.387 e. The smallest absolute Gasteiger partial charge is 0.0929 e. The predicted octanol–water partition coefficient (Wildman–Crippen LogP) is 2.38. The minimum Gasteiger partial charge on any atom is -0.387 e. The van der Waals surface area contributed by atoms with Crippen LogP contribution in [0.4, 0.5) is 0 Å². The van der Waals surface area contributed by atoms with Gasteiger partial charge in [0.05, 0.1) is 6.10 Å². The van der Waals surface area contributed by atoms with E-state index in [1.807, 2.05) is 0 Å². The Balaban J connectivity index is 2.38. The number of hydrogen-bond donors (Lipinski definition) is 2. The van der Waals surface area contributed by atoms with Crippen LogP contribution in [0.5, 0.6) is 0 Å². The fourth-order valence-electron chi connectivity index (χ4n) is 1.52. The molecule has 3 nitrogen and oxygen atoms in total. The topological polar surface area (TPSA) is 49.3 Å². The Morgan fingerprint density at radius 1 is 1.44 bits per heavy atom. The van der Waals surface area contributed by atoms with Crippen molar-refractivity contribution in [3.05, 3.63) is 33.8 Å². The molecule has 0 aliphatic heterocycles. The number of rotatable bonds is 7. The minimum absolute atomic E-state index is 0.399. The van der Waals surface area contributed by atoms with Crippen LogP contribution >= 0.6 is 23.2 Å². The van der Waals surface area contributed by atoms with Crippen LogP contribution < -0.4 is 5.32 Å². The van der Waals surface area contributed by atoms with E-state index >= 15 is 0 Å². The van der Waals surface area contributed by atoms with Gasteiger partial charge in [-0.1, -0.05) is 23.2 Å². The van der Waals surface area contributed by atoms with Crippen LogP contribution in [-0.4, -0.2) is 34.4 Å². The summed E-state index contributed by atoms with van der Waals surface area (Å²) in [7, 11) is -0.764. The van der Waals surface area contributed by atoms with Gasteiger partial charge in [0.1, 0.15) is 0 Å². The zero-order chi connectivity index (χ0) is 13.5. The third kappa shape index (κ3) is 5.67. The maximum atomic E-state index is 10.8. The third-order valence-corrected chi connectivity index (χ3v) is 3.88. The molecule has 0 spiro atoms. The molecule has 18 heavy (non-hydrogen) atoms. The molecular formula is C12H17Cl2NO2S. The quantitative estimate of drug-likeness (QED) is 0.760. The summed E-state index contributed by atoms with van der Waals surface area (Å²) >= 11 is 11.8. The number of benzene rings is 1. The van der Waals surface area contributed by atoms with Crippen LogP contribution in [0.25, 0.3) is 0 Å². The molecule has 0 radical (unpaired) electrons. The summed E-state index contributed by atoms with van der Waals surface area (Å²) in [4.78, 5) is 0. The first-order chi connectivity index (χ1) is 8.50. The van der Waals surface area contributed by atoms with E-state index in [-0.39, 0.29) is 0 Å². The molecule has 2 atom stereocenters. The van der Waals surface area contributed by atoms with E-state index in [2.05, 4.69) is 5.32 Å². The van der Waals surface area contributed by atoms with Crippen molar-refractivity contribution < 1.29 is 9.32 Å². The molecule has 6 heteroatoms. The molecule has 1 aromatic carbocycles. The van der Waals surface area contributed by atoms with Crippen molar-refractivity contribution in [2.75, 3.05) is 25.1 Å². The average Bonchev–Trinajstić information content (AvgIpc) is 2.31. The lowest BCUT2D eigenvalue weighted by molar-refractivity contribution is 0.175. The first kappa shape index (κ1) is 15.9. The number of nitrogens with one attached hydrogen (secondary N) is 1. The van der Waals surface area contributed by atoms with Gasteiger partial charge in [0.2, 0.25) is 0 Å². The molecule has 0 fully saturated rings. The van der Waals surface area contributed by atoms with Gasteiger partial charge in [0.15, 0.2) is 0 Å². The highest BCUT2D eigenvalue weighted by atomic mass is 35.5. The Morgan fingerprint density at radius 3 is 2.83 bits per heavy atom. The lowest BCUT2D eigenvalue weighted by atomic mass is 10.1. The second-order valence-corrected chi connectivity index (χ2v) is 6.41. The molecule has 1 aromatic rings. The highest BCUT2D eigenvalue weighted by Crippen LogP contribution is 2.25. The van der Waals surface area contributed by atoms with Crippen LogP contribution in [0.1, 0.15) is 18.1 Å². The summed E-state index contributed by atoms with van der Waals surface area (Å²) in [5.41, 5.74) is 0.621. The molecule has 102 valence electrons. The molecule has 0 aromatic heterocycles. The van der Waals surface area contributed by atoms with E-state index in [1.165, 1.54) is 0 Å². The van der Waals surface area contributed by atoms with Crippen molar-refractivity contribution in [3.8, 4) is 0 Å². The first-order valence-corrected chi connectivity index (χ1v) is 8.12. The monoisotopic (exact) mass is 309 g/mol. The average molecular weight is 310 g/mol. The SMILES string of the molecule is CS(=O)CCCNCC(O)c1cc(Cl)ccc1Cl. The van der Waals surface area contributed by atoms with E-state index in [4.69, 9.17) is 23.2 Å². The van der Waals surface area contributed by atoms with Gasteiger partial charge >= 0.3 is 0 Å². The van der Waals surface area contributed by atoms with Crippen molar-refractivity contribution in [3.63, 3.8) is 0 Å². The first-order valence-electron chi connectivity index (χ1n) is 5.64. The highest BCUT2D eigenvalue weighted by molar-refractivity contribution is 7.84. The molecule has 2 unspecified atom stereocenters. The van der Waals surface area contributed by atoms with Crippen LogP contribution in [0.2, 0.25) is 10.0 Å². The molecule has 0 bridgehead atoms. The summed E-state index contributed by atoms with van der Waals surface area (Å²) in [5, 5.41) is 14.1. The number of aliphatic hydroxyl groups excluding tert-OH is 1. The van der Waals surface area contributed by atoms with Gasteiger partial charge in [-0.05, 0) is 31.2 Å². The van der Waals surface area contributed by atoms with Gasteiger partial charge in [0.25, 0.3) is 0 Å². The molecule has 0 aliphatic carbocycles. The van der Waals surface area contributed by atoms with E-state index in [9.17, 15) is 9.32 Å². The van der Waals surface area contributed by atoms with Crippen LogP contribution in [0.15, 0.2) is 18.2 Å². The second kappa shape index (κ2) is 8.12. The van der Waals surface area contributed by atoms with Crippen molar-refractivity contribution in [1.29, 1.82) is 0 Å². The number of halogens is 2. The van der Waals surface area contributed by atoms with Crippen LogP contribution in [0, 0.1) is 0 Å². The van der Waals surface area contributed by atoms with E-state index in [1.54, 1.807) is 24.5 Å². The number of aliphatic hydroxyl groups is 1. The normalized spacial score (nSPS) is 14.4. The van der Waals surface area contributed by atoms with Crippen molar-refractivity contribution >= 4 is 34.0 Å². The zero-order valence-electron chi connectivity index (χ0n) is 10.2. The van der Waals surface area contributed by atoms with Gasteiger partial charge in [-0.3, -0.25) is 4.21 Å². The number of hydrogen-bond acceptors (Lipinski definition) is 3. The standard InChI is InChI=1S/C12H17Cl2NO2S/c1-18(17)6-2-5-15-8-12(16)10-7-9(13)3-4-11(10)14/h3-4,7,12,15-16H,2,5-6,8H2,1H3. The highest BCUT2D eigenvalue weighted by Gasteiger charge is 2.11. The van der Waals surface area contributed by atoms with Crippen LogP contribution in [0.3, 0.4) is 0 Å². The Hall–Kier alpha value is -0.130. The predicted molar refractivity (Wildman–Crippen MR) is 77.8 cm³/mol. The van der Waals surface area contributed by atoms with Gasteiger partial charge < -0.3 is 10.4 Å². The van der Waals surface area contributed by atoms with Gasteiger partial charge in [-0.25, -0.2) is 0 Å². The zero-order valence-corrected chi connectivity index (χ0v) is 12.5. The summed E-state index contributed by atoms with van der Waals surface area (Å²) < 4.78 is 10.8. The van der Waals surface area contributed by atoms with Crippen molar-refractivity contribution in [2.45, 2.75) is 12.5 Å². The third-order valence-electron chi connectivity index (χ3n) is 2.44. The van der Waals surface area contributed by atoms with Gasteiger partial charge in [-0.2, -0.15) is 0 Å². The molecular weight excluding hydrogens is 293 g/mol. The molecule has 0 aliphatic rings. The molecule has 2 N–H and O–H groups in total. The minimum atomic E-state index is -0.764. The van der Waals surface area contributed by atoms with Crippen molar-refractivity contribution in [1.82, 2.24) is 5.32 Å². The van der Waals surface area contributed by atoms with E-state index < -0.39 is 16.9 Å². The Morgan fingerprint density at radius 2 is 2.17 bits per heavy atom. The van der Waals surface area contributed by atoms with E-state index in [0.29, 0.717) is 27.9 Å².